The zero-order chi connectivity index (χ0) is 16.8. The summed E-state index contributed by atoms with van der Waals surface area (Å²) in [7, 11) is 1.84. The summed E-state index contributed by atoms with van der Waals surface area (Å²) in [6, 6.07) is 7.12. The number of hydrogen-bond donors (Lipinski definition) is 2. The highest BCUT2D eigenvalue weighted by Gasteiger charge is 2.45. The first-order valence-corrected chi connectivity index (χ1v) is 7.65. The zero-order valence-electron chi connectivity index (χ0n) is 13.0. The van der Waals surface area contributed by atoms with Crippen LogP contribution in [0.4, 0.5) is 5.69 Å². The first-order chi connectivity index (χ1) is 11.5. The fourth-order valence-corrected chi connectivity index (χ4v) is 3.04. The molecule has 122 valence electrons. The third-order valence-corrected chi connectivity index (χ3v) is 4.35. The van der Waals surface area contributed by atoms with E-state index >= 15 is 0 Å². The van der Waals surface area contributed by atoms with Gasteiger partial charge >= 0.3 is 0 Å². The van der Waals surface area contributed by atoms with E-state index in [-0.39, 0.29) is 23.5 Å². The lowest BCUT2D eigenvalue weighted by atomic mass is 10.1. The van der Waals surface area contributed by atoms with E-state index in [1.807, 2.05) is 19.3 Å². The number of nitrogens with two attached hydrogens (primary N) is 1. The number of carbonyl (C=O) groups excluding carboxylic acids is 2. The van der Waals surface area contributed by atoms with Crippen molar-refractivity contribution in [1.82, 2.24) is 9.78 Å². The Morgan fingerprint density at radius 2 is 2.17 bits per heavy atom. The largest absolute Gasteiger partial charge is 0.449 e. The quantitative estimate of drug-likeness (QED) is 0.766. The van der Waals surface area contributed by atoms with Gasteiger partial charge in [0.2, 0.25) is 11.7 Å². The number of benzene rings is 1. The number of hydrogen-bond acceptors (Lipinski definition) is 4. The Bertz CT molecular complexity index is 956. The molecule has 1 aliphatic rings. The SMILES string of the molecule is Cn1cc(C2CC2C(=O)Nc2c(C(N)=O)oc3ccccc23)cn1. The highest BCUT2D eigenvalue weighted by atomic mass is 16.3. The van der Waals surface area contributed by atoms with Gasteiger partial charge in [0, 0.05) is 24.5 Å². The molecule has 2 heterocycles. The lowest BCUT2D eigenvalue weighted by Gasteiger charge is -2.04. The van der Waals surface area contributed by atoms with Crippen LogP contribution in [-0.4, -0.2) is 21.6 Å². The van der Waals surface area contributed by atoms with E-state index in [1.165, 1.54) is 0 Å². The molecule has 0 aliphatic heterocycles. The maximum absolute atomic E-state index is 12.5. The lowest BCUT2D eigenvalue weighted by Crippen LogP contribution is -2.18. The van der Waals surface area contributed by atoms with Gasteiger partial charge in [-0.15, -0.1) is 0 Å². The molecule has 2 atom stereocenters. The van der Waals surface area contributed by atoms with Crippen LogP contribution < -0.4 is 11.1 Å². The Balaban J connectivity index is 1.59. The first-order valence-electron chi connectivity index (χ1n) is 7.65. The van der Waals surface area contributed by atoms with Crippen LogP contribution in [0.3, 0.4) is 0 Å². The van der Waals surface area contributed by atoms with E-state index in [9.17, 15) is 9.59 Å². The molecule has 0 radical (unpaired) electrons. The van der Waals surface area contributed by atoms with Gasteiger partial charge in [0.05, 0.1) is 6.20 Å². The summed E-state index contributed by atoms with van der Waals surface area (Å²) >= 11 is 0. The number of anilines is 1. The van der Waals surface area contributed by atoms with Crippen molar-refractivity contribution in [2.45, 2.75) is 12.3 Å². The molecule has 7 nitrogen and oxygen atoms in total. The van der Waals surface area contributed by atoms with Gasteiger partial charge in [-0.25, -0.2) is 0 Å². The number of primary amides is 1. The molecule has 3 aromatic rings. The summed E-state index contributed by atoms with van der Waals surface area (Å²) < 4.78 is 7.19. The second-order valence-corrected chi connectivity index (χ2v) is 6.05. The van der Waals surface area contributed by atoms with Crippen LogP contribution in [0, 0.1) is 5.92 Å². The molecule has 0 spiro atoms. The Labute approximate surface area is 137 Å². The number of furan rings is 1. The predicted octanol–water partition coefficient (Wildman–Crippen LogP) is 2.01. The van der Waals surface area contributed by atoms with Crippen LogP contribution >= 0.6 is 0 Å². The van der Waals surface area contributed by atoms with Crippen LogP contribution in [0.5, 0.6) is 0 Å². The van der Waals surface area contributed by atoms with Gasteiger partial charge in [-0.05, 0) is 30.0 Å². The average molecular weight is 324 g/mol. The smallest absolute Gasteiger partial charge is 0.286 e. The van der Waals surface area contributed by atoms with Crippen molar-refractivity contribution in [1.29, 1.82) is 0 Å². The number of para-hydroxylation sites is 1. The minimum atomic E-state index is -0.707. The number of nitrogens with zero attached hydrogens (tertiary/aromatic N) is 2. The Kier molecular flexibility index (Phi) is 3.16. The first kappa shape index (κ1) is 14.5. The molecule has 1 aliphatic carbocycles. The maximum atomic E-state index is 12.5. The number of fused-ring (bicyclic) bond motifs is 1. The van der Waals surface area contributed by atoms with E-state index < -0.39 is 5.91 Å². The van der Waals surface area contributed by atoms with Crippen LogP contribution in [0.1, 0.15) is 28.5 Å². The van der Waals surface area contributed by atoms with Gasteiger partial charge in [-0.3, -0.25) is 14.3 Å². The van der Waals surface area contributed by atoms with Gasteiger partial charge in [0.15, 0.2) is 0 Å². The maximum Gasteiger partial charge on any atom is 0.286 e. The summed E-state index contributed by atoms with van der Waals surface area (Å²) in [5.74, 6) is -0.848. The van der Waals surface area contributed by atoms with Gasteiger partial charge in [0.1, 0.15) is 11.3 Å². The molecule has 0 saturated heterocycles. The Hall–Kier alpha value is -3.09. The Morgan fingerprint density at radius 3 is 2.88 bits per heavy atom. The third-order valence-electron chi connectivity index (χ3n) is 4.35. The molecule has 2 aromatic heterocycles. The van der Waals surface area contributed by atoms with Crippen LogP contribution in [-0.2, 0) is 11.8 Å². The molecule has 4 rings (SSSR count). The van der Waals surface area contributed by atoms with Crippen LogP contribution in [0.25, 0.3) is 11.0 Å². The van der Waals surface area contributed by atoms with Gasteiger partial charge in [-0.2, -0.15) is 5.10 Å². The molecule has 3 N–H and O–H groups in total. The molecule has 24 heavy (non-hydrogen) atoms. The van der Waals surface area contributed by atoms with E-state index in [1.54, 1.807) is 29.1 Å². The van der Waals surface area contributed by atoms with Crippen molar-refractivity contribution >= 4 is 28.5 Å². The van der Waals surface area contributed by atoms with Crippen LogP contribution in [0.15, 0.2) is 41.1 Å². The van der Waals surface area contributed by atoms with E-state index in [4.69, 9.17) is 10.2 Å². The third kappa shape index (κ3) is 2.34. The molecule has 1 aromatic carbocycles. The molecular formula is C17H16N4O3. The minimum absolute atomic E-state index is 0.0249. The lowest BCUT2D eigenvalue weighted by molar-refractivity contribution is -0.117. The fourth-order valence-electron chi connectivity index (χ4n) is 3.04. The summed E-state index contributed by atoms with van der Waals surface area (Å²) in [6.45, 7) is 0. The molecule has 0 bridgehead atoms. The number of carbonyl (C=O) groups is 2. The van der Waals surface area contributed by atoms with Gasteiger partial charge in [-0.1, -0.05) is 12.1 Å². The van der Waals surface area contributed by atoms with Crippen molar-refractivity contribution in [3.63, 3.8) is 0 Å². The predicted molar refractivity (Wildman–Crippen MR) is 87.4 cm³/mol. The number of aryl methyl sites for hydroxylation is 1. The highest BCUT2D eigenvalue weighted by Crippen LogP contribution is 2.48. The van der Waals surface area contributed by atoms with Crippen molar-refractivity contribution in [3.05, 3.63) is 48.0 Å². The highest BCUT2D eigenvalue weighted by molar-refractivity contribution is 6.11. The normalized spacial score (nSPS) is 19.4. The van der Waals surface area contributed by atoms with Gasteiger partial charge < -0.3 is 15.5 Å². The summed E-state index contributed by atoms with van der Waals surface area (Å²) in [6.07, 6.45) is 4.46. The monoisotopic (exact) mass is 324 g/mol. The second-order valence-electron chi connectivity index (χ2n) is 6.05. The Morgan fingerprint density at radius 1 is 1.38 bits per heavy atom. The molecule has 7 heteroatoms. The number of nitrogens with one attached hydrogen (secondary N) is 1. The topological polar surface area (TPSA) is 103 Å². The van der Waals surface area contributed by atoms with E-state index in [2.05, 4.69) is 10.4 Å². The van der Waals surface area contributed by atoms with Gasteiger partial charge in [0.25, 0.3) is 5.91 Å². The molecule has 1 saturated carbocycles. The van der Waals surface area contributed by atoms with E-state index in [0.717, 1.165) is 12.0 Å². The van der Waals surface area contributed by atoms with Crippen molar-refractivity contribution < 1.29 is 14.0 Å². The van der Waals surface area contributed by atoms with Crippen molar-refractivity contribution in [2.24, 2.45) is 18.7 Å². The van der Waals surface area contributed by atoms with Crippen LogP contribution in [0.2, 0.25) is 0 Å². The second kappa shape index (κ2) is 5.23. The van der Waals surface area contributed by atoms with Crippen molar-refractivity contribution in [2.75, 3.05) is 5.32 Å². The van der Waals surface area contributed by atoms with Crippen molar-refractivity contribution in [3.8, 4) is 0 Å². The molecule has 2 unspecified atom stereocenters. The summed E-state index contributed by atoms with van der Waals surface area (Å²) in [5, 5.41) is 7.62. The summed E-state index contributed by atoms with van der Waals surface area (Å²) in [5.41, 5.74) is 7.28. The zero-order valence-corrected chi connectivity index (χ0v) is 13.0. The molecular weight excluding hydrogens is 308 g/mol. The summed E-state index contributed by atoms with van der Waals surface area (Å²) in [4.78, 5) is 24.2. The standard InChI is InChI=1S/C17H16N4O3/c1-21-8-9(7-19-21)11-6-12(11)17(23)20-14-10-4-2-3-5-13(10)24-15(14)16(18)22/h2-5,7-8,11-12H,6H2,1H3,(H2,18,22)(H,20,23). The molecule has 2 amide bonds. The average Bonchev–Trinajstić information content (AvgIpc) is 3.12. The van der Waals surface area contributed by atoms with E-state index in [0.29, 0.717) is 16.7 Å². The minimum Gasteiger partial charge on any atom is -0.449 e. The number of amides is 2. The number of aromatic nitrogens is 2. The number of rotatable bonds is 4. The fraction of sp³-hybridized carbons (Fsp3) is 0.235. The molecule has 1 fully saturated rings.